The van der Waals surface area contributed by atoms with Crippen LogP contribution < -0.4 is 5.32 Å². The molecule has 19 heavy (non-hydrogen) atoms. The molecule has 2 aromatic heterocycles. The summed E-state index contributed by atoms with van der Waals surface area (Å²) in [6, 6.07) is 7.15. The number of hydrogen-bond acceptors (Lipinski definition) is 3. The molecule has 1 aliphatic heterocycles. The van der Waals surface area contributed by atoms with E-state index in [0.29, 0.717) is 11.5 Å². The van der Waals surface area contributed by atoms with Crippen molar-refractivity contribution < 1.29 is 0 Å². The molecule has 0 radical (unpaired) electrons. The number of anilines is 1. The van der Waals surface area contributed by atoms with Gasteiger partial charge < -0.3 is 5.32 Å². The monoisotopic (exact) mass is 273 g/mol. The van der Waals surface area contributed by atoms with Crippen molar-refractivity contribution in [2.75, 3.05) is 11.9 Å². The quantitative estimate of drug-likeness (QED) is 0.893. The molecular weight excluding hydrogens is 254 g/mol. The number of thiophene rings is 1. The maximum Gasteiger partial charge on any atom is 0.125 e. The fourth-order valence-electron chi connectivity index (χ4n) is 3.09. The van der Waals surface area contributed by atoms with Gasteiger partial charge in [-0.05, 0) is 43.7 Å². The zero-order chi connectivity index (χ0) is 13.0. The van der Waals surface area contributed by atoms with Crippen molar-refractivity contribution in [3.63, 3.8) is 0 Å². The number of fused-ring (bicyclic) bond motifs is 1. The molecule has 3 nitrogen and oxygen atoms in total. The molecule has 0 amide bonds. The number of nitrogens with one attached hydrogen (secondary N) is 1. The molecule has 1 aliphatic carbocycles. The van der Waals surface area contributed by atoms with Crippen LogP contribution >= 0.6 is 11.3 Å². The van der Waals surface area contributed by atoms with Gasteiger partial charge in [-0.3, -0.25) is 0 Å². The maximum absolute atomic E-state index is 4.89. The molecule has 2 aromatic rings. The number of rotatable bonds is 2. The largest absolute Gasteiger partial charge is 0.370 e. The summed E-state index contributed by atoms with van der Waals surface area (Å²) in [5.41, 5.74) is 1.61. The second kappa shape index (κ2) is 3.85. The molecule has 1 saturated carbocycles. The Labute approximate surface area is 117 Å². The molecule has 1 N–H and O–H groups in total. The van der Waals surface area contributed by atoms with Gasteiger partial charge in [0.25, 0.3) is 0 Å². The molecular formula is C15H19N3S. The summed E-state index contributed by atoms with van der Waals surface area (Å²) >= 11 is 1.82. The third-order valence-corrected chi connectivity index (χ3v) is 5.61. The highest BCUT2D eigenvalue weighted by Gasteiger charge is 2.47. The lowest BCUT2D eigenvalue weighted by atomic mass is 9.95. The van der Waals surface area contributed by atoms with Crippen LogP contribution in [0.5, 0.6) is 0 Å². The van der Waals surface area contributed by atoms with Crippen molar-refractivity contribution in [3.05, 3.63) is 23.1 Å². The molecule has 3 heterocycles. The highest BCUT2D eigenvalue weighted by Crippen LogP contribution is 2.56. The molecule has 1 atom stereocenters. The van der Waals surface area contributed by atoms with E-state index in [4.69, 9.17) is 5.10 Å². The Hall–Kier alpha value is -1.29. The summed E-state index contributed by atoms with van der Waals surface area (Å²) in [7, 11) is 0. The van der Waals surface area contributed by atoms with Crippen LogP contribution in [-0.4, -0.2) is 16.3 Å². The van der Waals surface area contributed by atoms with Gasteiger partial charge in [-0.15, -0.1) is 11.3 Å². The van der Waals surface area contributed by atoms with E-state index >= 15 is 0 Å². The first-order valence-electron chi connectivity index (χ1n) is 7.06. The van der Waals surface area contributed by atoms with E-state index in [1.165, 1.54) is 34.8 Å². The van der Waals surface area contributed by atoms with Crippen LogP contribution in [0.3, 0.4) is 0 Å². The lowest BCUT2D eigenvalue weighted by Gasteiger charge is -2.30. The van der Waals surface area contributed by atoms with E-state index in [9.17, 15) is 0 Å². The number of aryl methyl sites for hydroxylation is 1. The van der Waals surface area contributed by atoms with Gasteiger partial charge >= 0.3 is 0 Å². The first kappa shape index (κ1) is 11.5. The molecule has 0 aromatic carbocycles. The predicted molar refractivity (Wildman–Crippen MR) is 79.8 cm³/mol. The van der Waals surface area contributed by atoms with Gasteiger partial charge in [0.1, 0.15) is 11.5 Å². The van der Waals surface area contributed by atoms with Gasteiger partial charge in [-0.25, -0.2) is 4.68 Å². The summed E-state index contributed by atoms with van der Waals surface area (Å²) < 4.78 is 2.25. The molecule has 1 fully saturated rings. The van der Waals surface area contributed by atoms with Crippen molar-refractivity contribution in [1.29, 1.82) is 0 Å². The summed E-state index contributed by atoms with van der Waals surface area (Å²) in [6.45, 7) is 5.63. The van der Waals surface area contributed by atoms with E-state index in [0.717, 1.165) is 12.2 Å². The summed E-state index contributed by atoms with van der Waals surface area (Å²) in [5.74, 6) is 1.20. The van der Waals surface area contributed by atoms with E-state index in [2.05, 4.69) is 42.0 Å². The minimum absolute atomic E-state index is 0.492. The standard InChI is InChI=1S/C15H19N3S/c1-10-3-4-12(19-10)11-9-14-16-8-5-13(18(14)17-11)15(2)6-7-15/h3-4,9,13,16H,5-8H2,1-2H3. The van der Waals surface area contributed by atoms with Crippen LogP contribution in [-0.2, 0) is 0 Å². The topological polar surface area (TPSA) is 29.9 Å². The second-order valence-corrected chi connectivity index (χ2v) is 7.44. The average Bonchev–Trinajstić information content (AvgIpc) is 2.85. The summed E-state index contributed by atoms with van der Waals surface area (Å²) in [6.07, 6.45) is 3.91. The van der Waals surface area contributed by atoms with Gasteiger partial charge in [0.15, 0.2) is 0 Å². The van der Waals surface area contributed by atoms with E-state index in [-0.39, 0.29) is 0 Å². The van der Waals surface area contributed by atoms with Crippen LogP contribution in [0.2, 0.25) is 0 Å². The smallest absolute Gasteiger partial charge is 0.125 e. The minimum Gasteiger partial charge on any atom is -0.370 e. The molecule has 2 aliphatic rings. The first-order chi connectivity index (χ1) is 9.16. The van der Waals surface area contributed by atoms with Crippen LogP contribution in [0.15, 0.2) is 18.2 Å². The highest BCUT2D eigenvalue weighted by molar-refractivity contribution is 7.15. The number of aromatic nitrogens is 2. The second-order valence-electron chi connectivity index (χ2n) is 6.15. The molecule has 4 rings (SSSR count). The van der Waals surface area contributed by atoms with Crippen molar-refractivity contribution >= 4 is 17.2 Å². The zero-order valence-electron chi connectivity index (χ0n) is 11.4. The van der Waals surface area contributed by atoms with Gasteiger partial charge in [-0.1, -0.05) is 6.92 Å². The average molecular weight is 273 g/mol. The van der Waals surface area contributed by atoms with Crippen LogP contribution in [0.4, 0.5) is 5.82 Å². The molecule has 0 bridgehead atoms. The Morgan fingerprint density at radius 3 is 2.95 bits per heavy atom. The van der Waals surface area contributed by atoms with Gasteiger partial charge in [0.2, 0.25) is 0 Å². The highest BCUT2D eigenvalue weighted by atomic mass is 32.1. The van der Waals surface area contributed by atoms with Crippen molar-refractivity contribution in [1.82, 2.24) is 9.78 Å². The number of nitrogens with zero attached hydrogens (tertiary/aromatic N) is 2. The van der Waals surface area contributed by atoms with Crippen molar-refractivity contribution in [2.45, 2.75) is 39.2 Å². The third-order valence-electron chi connectivity index (χ3n) is 4.59. The normalized spacial score (nSPS) is 23.8. The Morgan fingerprint density at radius 1 is 1.42 bits per heavy atom. The van der Waals surface area contributed by atoms with Crippen molar-refractivity contribution in [3.8, 4) is 10.6 Å². The molecule has 4 heteroatoms. The maximum atomic E-state index is 4.89. The minimum atomic E-state index is 0.492. The summed E-state index contributed by atoms with van der Waals surface area (Å²) in [5, 5.41) is 8.38. The Bertz CT molecular complexity index is 621. The SMILES string of the molecule is Cc1ccc(-c2cc3n(n2)C(C2(C)CC2)CCN3)s1. The van der Waals surface area contributed by atoms with Crippen LogP contribution in [0.1, 0.15) is 37.1 Å². The summed E-state index contributed by atoms with van der Waals surface area (Å²) in [4.78, 5) is 2.63. The van der Waals surface area contributed by atoms with Crippen LogP contribution in [0.25, 0.3) is 10.6 Å². The molecule has 100 valence electrons. The molecule has 0 spiro atoms. The fourth-order valence-corrected chi connectivity index (χ4v) is 3.91. The van der Waals surface area contributed by atoms with Gasteiger partial charge in [0.05, 0.1) is 10.9 Å². The number of hydrogen-bond donors (Lipinski definition) is 1. The van der Waals surface area contributed by atoms with Gasteiger partial charge in [0, 0.05) is 17.5 Å². The third kappa shape index (κ3) is 1.81. The Balaban J connectivity index is 1.75. The van der Waals surface area contributed by atoms with E-state index < -0.39 is 0 Å². The Kier molecular flexibility index (Phi) is 2.34. The lowest BCUT2D eigenvalue weighted by Crippen LogP contribution is -2.28. The lowest BCUT2D eigenvalue weighted by molar-refractivity contribution is 0.285. The molecule has 1 unspecified atom stereocenters. The van der Waals surface area contributed by atoms with E-state index in [1.54, 1.807) is 0 Å². The predicted octanol–water partition coefficient (Wildman–Crippen LogP) is 4.08. The fraction of sp³-hybridized carbons (Fsp3) is 0.533. The first-order valence-corrected chi connectivity index (χ1v) is 7.88. The van der Waals surface area contributed by atoms with Crippen LogP contribution in [0, 0.1) is 12.3 Å². The van der Waals surface area contributed by atoms with E-state index in [1.807, 2.05) is 11.3 Å². The van der Waals surface area contributed by atoms with Crippen molar-refractivity contribution in [2.24, 2.45) is 5.41 Å². The Morgan fingerprint density at radius 2 is 2.26 bits per heavy atom. The zero-order valence-corrected chi connectivity index (χ0v) is 12.3. The molecule has 0 saturated heterocycles. The van der Waals surface area contributed by atoms with Gasteiger partial charge in [-0.2, -0.15) is 5.10 Å².